The van der Waals surface area contributed by atoms with Crippen molar-refractivity contribution in [2.24, 2.45) is 0 Å². The van der Waals surface area contributed by atoms with E-state index in [0.717, 1.165) is 78.5 Å². The van der Waals surface area contributed by atoms with Gasteiger partial charge in [0.25, 0.3) is 5.69 Å². The molecule has 10 heterocycles. The third-order valence-electron chi connectivity index (χ3n) is 24.7. The van der Waals surface area contributed by atoms with Crippen LogP contribution in [0, 0.1) is 42.9 Å². The summed E-state index contributed by atoms with van der Waals surface area (Å²) in [4.78, 5) is 0. The molecule has 147 heavy (non-hydrogen) atoms. The minimum Gasteiger partial charge on any atom is -1.00 e. The molecule has 5 aromatic heterocycles. The Kier molecular flexibility index (Phi) is 34.7. The fraction of sp³-hybridized carbons (Fsp3) is 0.239. The topological polar surface area (TPSA) is 156 Å². The van der Waals surface area contributed by atoms with Crippen molar-refractivity contribution in [3.8, 4) is 28.4 Å². The molecule has 0 saturated carbocycles. The van der Waals surface area contributed by atoms with Crippen LogP contribution in [0.1, 0.15) is 126 Å². The third kappa shape index (κ3) is 25.5. The smallest absolute Gasteiger partial charge is 0.762 e. The summed E-state index contributed by atoms with van der Waals surface area (Å²) in [5.41, 5.74) is 18.4. The SMILES string of the molecule is Cc1cccc(C)c1-n1c[n+]2c(n1)CO[C@H]1Cc3ccccc3C12.Clc1cccc(Cl)c1-n1c[n+]2c(n1)CO[C@H]1Cc3ccccc3C12.FB(F)F.FB(F)F.F[B-](F)(F)F.F[B-](F)(F)F.F[B-](F)(F)F.Fc1c(Cl)c(F)c(Cl)c(-[n+]2c[n+]3c([nH]2)CO[C@H]2Cc4ccccc4C23)c1Cl.Fc1cc(F)cc(-n2c[n+]3c(n2)CO[C@H]2Cc4ccccc4C23)c1.Fc1ccc(-n2c[n+]3c(n2)CO[C@H]2Cc4ccccc4C23)cc1.[F-].[F-]. The number of benzene rings is 10. The molecule has 0 fully saturated rings. The maximum Gasteiger partial charge on any atom is 0.762 e. The van der Waals surface area contributed by atoms with Gasteiger partial charge in [-0.1, -0.05) is 227 Å². The monoisotopic (exact) mass is 2170 g/mol. The lowest BCUT2D eigenvalue weighted by atomic mass is 10.1. The van der Waals surface area contributed by atoms with E-state index >= 15 is 0 Å². The second-order valence-electron chi connectivity index (χ2n) is 33.8. The second-order valence-corrected chi connectivity index (χ2v) is 35.7. The first kappa shape index (κ1) is 110. The number of fused-ring (bicyclic) bond motifs is 25. The van der Waals surface area contributed by atoms with Crippen LogP contribution < -0.4 is 36.9 Å². The Balaban J connectivity index is 0.000000137. The lowest BCUT2D eigenvalue weighted by Gasteiger charge is -2.23. The average molecular weight is 2180 g/mol. The second kappa shape index (κ2) is 46.2. The van der Waals surface area contributed by atoms with E-state index in [1.165, 1.54) is 101 Å². The number of rotatable bonds is 5. The van der Waals surface area contributed by atoms with Crippen LogP contribution in [0.4, 0.5) is 99.6 Å². The van der Waals surface area contributed by atoms with Crippen molar-refractivity contribution >= 4 is 94.9 Å². The van der Waals surface area contributed by atoms with Crippen molar-refractivity contribution in [1.29, 1.82) is 0 Å². The van der Waals surface area contributed by atoms with Crippen molar-refractivity contribution in [3.05, 3.63) is 382 Å². The molecular formula is C92H75B5Cl5F25N15O5+. The van der Waals surface area contributed by atoms with E-state index in [2.05, 4.69) is 174 Å². The van der Waals surface area contributed by atoms with Gasteiger partial charge >= 0.3 is 72.3 Å². The van der Waals surface area contributed by atoms with E-state index < -0.39 is 65.1 Å². The molecule has 5 unspecified atom stereocenters. The molecule has 0 amide bonds. The molecule has 25 rings (SSSR count). The van der Waals surface area contributed by atoms with E-state index in [1.807, 2.05) is 64.4 Å². The maximum atomic E-state index is 14.2. The number of aromatic amines is 1. The van der Waals surface area contributed by atoms with Crippen LogP contribution in [-0.4, -0.2) is 112 Å². The largest absolute Gasteiger partial charge is 1.00 e. The predicted molar refractivity (Wildman–Crippen MR) is 485 cm³/mol. The standard InChI is InChI=1S/C20H20N3O.C18H11Cl3F2N3O.C18H14Cl2N3O.C18H14F2N3O.C18H15FN3O.3BF4.2BF3.2FH/c1-13-6-5-7-14(2)19(13)23-12-22-18(21-23)11-24-17-10-15-8-3-4-9-16(15)20(17)22;19-12-15(22)13(20)18(14(21)16(12)23)26-7-25-11(24-26)6-27-10-5-8-3-1-2-4-9(8)17(10)25;19-13-6-3-7-14(20)18(13)23-10-22-16(21-23)9-24-15-8-11-4-1-2-5-12(11)17(15)22;19-12-6-13(20)8-14(7-12)23-10-22-17(21-23)9-24-16-5-11-3-1-2-4-15(11)18(16)22;19-13-5-7-14(8-6-13)22-11-21-17(20-22)10-23-16-9-12-3-1-2-4-15(12)18(16)21;3*2-1(3,4)5;2*2-1(3)4;;/h3-9,12,17,20H,10-11H2,1-2H3;1-4,7,10,17H,5-6H2;1-7,10,15,17H,8-9H2;1-4,6-8,10,16,18H,5,9H2;1-8,11,16,18H,9-10H2;;;;;;2*1H/q5*+1;3*-1;;;;/p-1/t17-,20?;10-,17?;15-,17?;2*16-,18?;;;;;;;/m00000......./s1. The van der Waals surface area contributed by atoms with Gasteiger partial charge in [0, 0.05) is 76.3 Å². The normalized spacial score (nSPS) is 19.1. The lowest BCUT2D eigenvalue weighted by molar-refractivity contribution is -0.791. The molecule has 0 saturated heterocycles. The number of hydrogen-bond acceptors (Lipinski definition) is 9. The summed E-state index contributed by atoms with van der Waals surface area (Å²) in [7, 11) is -25.3. The predicted octanol–water partition coefficient (Wildman–Crippen LogP) is 14.7. The van der Waals surface area contributed by atoms with Gasteiger partial charge in [-0.15, -0.1) is 4.57 Å². The zero-order valence-electron chi connectivity index (χ0n) is 75.8. The van der Waals surface area contributed by atoms with Gasteiger partial charge in [-0.2, -0.15) is 0 Å². The average Bonchev–Trinajstić information content (AvgIpc) is 1.59. The van der Waals surface area contributed by atoms with E-state index in [0.29, 0.717) is 54.5 Å². The van der Waals surface area contributed by atoms with Gasteiger partial charge in [0.05, 0.1) is 10.0 Å². The van der Waals surface area contributed by atoms with Crippen molar-refractivity contribution in [3.63, 3.8) is 0 Å². The van der Waals surface area contributed by atoms with E-state index in [4.69, 9.17) is 86.8 Å². The van der Waals surface area contributed by atoms with Gasteiger partial charge in [-0.05, 0) is 116 Å². The molecule has 5 aliphatic carbocycles. The number of ether oxygens (including phenoxy) is 5. The number of halogens is 30. The van der Waals surface area contributed by atoms with Crippen LogP contribution in [-0.2, 0) is 88.8 Å². The van der Waals surface area contributed by atoms with Crippen molar-refractivity contribution in [2.45, 2.75) is 140 Å². The number of nitrogens with one attached hydrogen (secondary N) is 1. The van der Waals surface area contributed by atoms with E-state index in [-0.39, 0.29) is 91.7 Å². The zero-order valence-corrected chi connectivity index (χ0v) is 79.6. The first-order chi connectivity index (χ1) is 68.9. The van der Waals surface area contributed by atoms with Gasteiger partial charge in [-0.3, -0.25) is 25.9 Å². The molecule has 55 heteroatoms. The quantitative estimate of drug-likeness (QED) is 0.0582. The first-order valence-electron chi connectivity index (χ1n) is 44.1. The highest BCUT2D eigenvalue weighted by Crippen LogP contribution is 2.44. The Morgan fingerprint density at radius 1 is 0.333 bits per heavy atom. The van der Waals surface area contributed by atoms with Crippen LogP contribution in [0.15, 0.2) is 232 Å². The zero-order chi connectivity index (χ0) is 104. The Bertz CT molecular complexity index is 6930. The highest BCUT2D eigenvalue weighted by atomic mass is 35.5. The Hall–Kier alpha value is -12.3. The molecule has 772 valence electrons. The summed E-state index contributed by atoms with van der Waals surface area (Å²) < 4.78 is 293. The molecule has 10 aliphatic rings. The van der Waals surface area contributed by atoms with Gasteiger partial charge in [0.1, 0.15) is 121 Å². The number of nitrogens with zero attached hydrogens (tertiary/aromatic N) is 14. The van der Waals surface area contributed by atoms with Crippen LogP contribution >= 0.6 is 58.0 Å². The van der Waals surface area contributed by atoms with Crippen molar-refractivity contribution in [1.82, 2.24) is 44.2 Å². The summed E-state index contributed by atoms with van der Waals surface area (Å²) in [6.07, 6.45) is 14.7. The Morgan fingerprint density at radius 2 is 0.612 bits per heavy atom. The molecule has 10 aromatic carbocycles. The third-order valence-corrected chi connectivity index (χ3v) is 26.3. The molecule has 1 N–H and O–H groups in total. The van der Waals surface area contributed by atoms with Crippen LogP contribution in [0.2, 0.25) is 25.1 Å². The maximum absolute atomic E-state index is 14.2. The van der Waals surface area contributed by atoms with E-state index in [9.17, 15) is 99.6 Å². The van der Waals surface area contributed by atoms with Gasteiger partial charge in [0.15, 0.2) is 34.0 Å². The number of aryl methyl sites for hydroxylation is 2. The Labute approximate surface area is 844 Å². The van der Waals surface area contributed by atoms with Gasteiger partial charge in [0.2, 0.25) is 31.4 Å². The van der Waals surface area contributed by atoms with Crippen molar-refractivity contribution < 1.29 is 160 Å². The molecule has 15 aromatic rings. The van der Waals surface area contributed by atoms with Crippen molar-refractivity contribution in [2.75, 3.05) is 0 Å². The molecule has 0 bridgehead atoms. The minimum absolute atomic E-state index is 0. The highest BCUT2D eigenvalue weighted by molar-refractivity contribution is 6.50. The molecule has 10 atom stereocenters. The number of hydrogen-bond donors (Lipinski definition) is 1. The molecule has 5 aliphatic heterocycles. The Morgan fingerprint density at radius 3 is 0.946 bits per heavy atom. The summed E-state index contributed by atoms with van der Waals surface area (Å²) in [5, 5.41) is 21.3. The lowest BCUT2D eigenvalue weighted by Crippen LogP contribution is -3.00. The summed E-state index contributed by atoms with van der Waals surface area (Å²) in [5.74, 6) is 0.653. The van der Waals surface area contributed by atoms with Crippen LogP contribution in [0.25, 0.3) is 28.4 Å². The molecule has 0 radical (unpaired) electrons. The summed E-state index contributed by atoms with van der Waals surface area (Å²) in [6, 6.07) is 64.2. The minimum atomic E-state index is -6.00. The fourth-order valence-corrected chi connectivity index (χ4v) is 20.6. The van der Waals surface area contributed by atoms with Crippen LogP contribution in [0.5, 0.6) is 0 Å². The summed E-state index contributed by atoms with van der Waals surface area (Å²) in [6.45, 7) is 6.56. The molecule has 20 nitrogen and oxygen atoms in total. The number of para-hydroxylation sites is 2. The molecule has 0 spiro atoms. The molecular weight excluding hydrogens is 2100 g/mol. The highest BCUT2D eigenvalue weighted by Gasteiger charge is 2.52. The van der Waals surface area contributed by atoms with Gasteiger partial charge in [-0.25, -0.2) is 40.2 Å². The number of aromatic nitrogens is 15. The fourth-order valence-electron chi connectivity index (χ4n) is 19.2. The summed E-state index contributed by atoms with van der Waals surface area (Å²) >= 11 is 30.4. The first-order valence-corrected chi connectivity index (χ1v) is 46.0. The number of H-pyrrole nitrogens is 1. The van der Waals surface area contributed by atoms with Crippen LogP contribution in [0.3, 0.4) is 0 Å². The van der Waals surface area contributed by atoms with E-state index in [1.54, 1.807) is 34.2 Å². The van der Waals surface area contributed by atoms with Gasteiger partial charge < -0.3 is 84.9 Å².